The summed E-state index contributed by atoms with van der Waals surface area (Å²) >= 11 is 0. The highest BCUT2D eigenvalue weighted by Crippen LogP contribution is 2.22. The van der Waals surface area contributed by atoms with Crippen LogP contribution in [-0.4, -0.2) is 46.8 Å². The fourth-order valence-corrected chi connectivity index (χ4v) is 2.08. The first kappa shape index (κ1) is 12.7. The Bertz CT molecular complexity index is 310. The molecule has 2 amide bonds. The van der Waals surface area contributed by atoms with Gasteiger partial charge >= 0.3 is 0 Å². The zero-order valence-electron chi connectivity index (χ0n) is 10.3. The molecule has 4 nitrogen and oxygen atoms in total. The van der Waals surface area contributed by atoms with Crippen LogP contribution in [0.3, 0.4) is 0 Å². The van der Waals surface area contributed by atoms with Gasteiger partial charge < -0.3 is 9.80 Å². The summed E-state index contributed by atoms with van der Waals surface area (Å²) in [6.45, 7) is 11.1. The molecule has 0 aromatic rings. The van der Waals surface area contributed by atoms with E-state index in [1.165, 1.54) is 6.08 Å². The Morgan fingerprint density at radius 2 is 2.12 bits per heavy atom. The largest absolute Gasteiger partial charge is 0.339 e. The Morgan fingerprint density at radius 1 is 1.50 bits per heavy atom. The van der Waals surface area contributed by atoms with E-state index in [2.05, 4.69) is 6.58 Å². The minimum atomic E-state index is -0.751. The van der Waals surface area contributed by atoms with Gasteiger partial charge in [0.05, 0.1) is 0 Å². The van der Waals surface area contributed by atoms with Crippen LogP contribution in [0.2, 0.25) is 0 Å². The number of carbonyl (C=O) groups excluding carboxylic acids is 2. The van der Waals surface area contributed by atoms with Gasteiger partial charge in [0.1, 0.15) is 5.54 Å². The third-order valence-electron chi connectivity index (χ3n) is 3.01. The lowest BCUT2D eigenvalue weighted by Gasteiger charge is -2.45. The number of piperazine rings is 1. The van der Waals surface area contributed by atoms with Gasteiger partial charge in [-0.15, -0.1) is 0 Å². The van der Waals surface area contributed by atoms with Gasteiger partial charge in [-0.25, -0.2) is 0 Å². The van der Waals surface area contributed by atoms with Crippen molar-refractivity contribution in [3.05, 3.63) is 12.7 Å². The third kappa shape index (κ3) is 2.10. The first-order valence-corrected chi connectivity index (χ1v) is 5.68. The number of amides is 2. The molecule has 0 aromatic heterocycles. The minimum absolute atomic E-state index is 0.0239. The van der Waals surface area contributed by atoms with Crippen LogP contribution in [0.1, 0.15) is 27.2 Å². The molecule has 1 rings (SSSR count). The molecule has 0 radical (unpaired) electrons. The van der Waals surface area contributed by atoms with Crippen LogP contribution in [0, 0.1) is 0 Å². The lowest BCUT2D eigenvalue weighted by molar-refractivity contribution is -0.156. The maximum atomic E-state index is 12.2. The molecule has 16 heavy (non-hydrogen) atoms. The number of nitrogens with zero attached hydrogens (tertiary/aromatic N) is 2. The fourth-order valence-electron chi connectivity index (χ4n) is 2.08. The third-order valence-corrected chi connectivity index (χ3v) is 3.01. The average molecular weight is 224 g/mol. The van der Waals surface area contributed by atoms with Crippen molar-refractivity contribution in [2.45, 2.75) is 32.7 Å². The SMILES string of the molecule is C=CC(=O)N1CCN(CCC)C(=O)C1(C)C. The van der Waals surface area contributed by atoms with Crippen molar-refractivity contribution in [2.24, 2.45) is 0 Å². The molecular weight excluding hydrogens is 204 g/mol. The Hall–Kier alpha value is -1.32. The van der Waals surface area contributed by atoms with Crippen molar-refractivity contribution in [3.8, 4) is 0 Å². The van der Waals surface area contributed by atoms with E-state index in [1.807, 2.05) is 11.8 Å². The summed E-state index contributed by atoms with van der Waals surface area (Å²) in [6, 6.07) is 0. The van der Waals surface area contributed by atoms with Crippen molar-refractivity contribution in [3.63, 3.8) is 0 Å². The molecule has 0 aromatic carbocycles. The maximum absolute atomic E-state index is 12.2. The normalized spacial score (nSPS) is 19.8. The molecular formula is C12H20N2O2. The van der Waals surface area contributed by atoms with E-state index in [9.17, 15) is 9.59 Å². The molecule has 0 spiro atoms. The lowest BCUT2D eigenvalue weighted by atomic mass is 9.97. The molecule has 1 fully saturated rings. The van der Waals surface area contributed by atoms with E-state index in [-0.39, 0.29) is 11.8 Å². The van der Waals surface area contributed by atoms with Crippen LogP contribution >= 0.6 is 0 Å². The molecule has 0 aliphatic carbocycles. The van der Waals surface area contributed by atoms with Crippen LogP contribution in [0.5, 0.6) is 0 Å². The molecule has 1 aliphatic rings. The predicted molar refractivity (Wildman–Crippen MR) is 62.9 cm³/mol. The van der Waals surface area contributed by atoms with Crippen LogP contribution < -0.4 is 0 Å². The van der Waals surface area contributed by atoms with Crippen molar-refractivity contribution >= 4 is 11.8 Å². The summed E-state index contributed by atoms with van der Waals surface area (Å²) in [4.78, 5) is 27.2. The maximum Gasteiger partial charge on any atom is 0.248 e. The van der Waals surface area contributed by atoms with Gasteiger partial charge in [-0.05, 0) is 26.3 Å². The van der Waals surface area contributed by atoms with Crippen LogP contribution in [0.4, 0.5) is 0 Å². The van der Waals surface area contributed by atoms with E-state index in [0.29, 0.717) is 13.1 Å². The van der Waals surface area contributed by atoms with Crippen molar-refractivity contribution < 1.29 is 9.59 Å². The minimum Gasteiger partial charge on any atom is -0.339 e. The fraction of sp³-hybridized carbons (Fsp3) is 0.667. The highest BCUT2D eigenvalue weighted by molar-refractivity contribution is 5.95. The standard InChI is InChI=1S/C12H20N2O2/c1-5-7-13-8-9-14(10(15)6-2)12(3,4)11(13)16/h6H,2,5,7-9H2,1,3-4H3. The summed E-state index contributed by atoms with van der Waals surface area (Å²) in [5, 5.41) is 0. The second-order valence-corrected chi connectivity index (χ2v) is 4.55. The van der Waals surface area contributed by atoms with E-state index < -0.39 is 5.54 Å². The molecule has 0 saturated carbocycles. The van der Waals surface area contributed by atoms with Gasteiger partial charge in [0.25, 0.3) is 0 Å². The first-order valence-electron chi connectivity index (χ1n) is 5.68. The van der Waals surface area contributed by atoms with Gasteiger partial charge in [0.2, 0.25) is 11.8 Å². The molecule has 90 valence electrons. The Labute approximate surface area is 96.9 Å². The summed E-state index contributed by atoms with van der Waals surface area (Å²) in [5.41, 5.74) is -0.751. The Morgan fingerprint density at radius 3 is 2.62 bits per heavy atom. The molecule has 1 saturated heterocycles. The number of hydrogen-bond donors (Lipinski definition) is 0. The van der Waals surface area contributed by atoms with Gasteiger partial charge in [-0.2, -0.15) is 0 Å². The molecule has 1 aliphatic heterocycles. The van der Waals surface area contributed by atoms with Crippen molar-refractivity contribution in [1.82, 2.24) is 9.80 Å². The molecule has 0 bridgehead atoms. The van der Waals surface area contributed by atoms with Crippen molar-refractivity contribution in [2.75, 3.05) is 19.6 Å². The summed E-state index contributed by atoms with van der Waals surface area (Å²) in [6.07, 6.45) is 2.21. The van der Waals surface area contributed by atoms with E-state index in [4.69, 9.17) is 0 Å². The number of hydrogen-bond acceptors (Lipinski definition) is 2. The smallest absolute Gasteiger partial charge is 0.248 e. The quantitative estimate of drug-likeness (QED) is 0.672. The zero-order chi connectivity index (χ0) is 12.3. The van der Waals surface area contributed by atoms with Gasteiger partial charge in [-0.1, -0.05) is 13.5 Å². The number of rotatable bonds is 3. The second-order valence-electron chi connectivity index (χ2n) is 4.55. The van der Waals surface area contributed by atoms with E-state index in [1.54, 1.807) is 18.7 Å². The van der Waals surface area contributed by atoms with Gasteiger partial charge in [0, 0.05) is 19.6 Å². The zero-order valence-corrected chi connectivity index (χ0v) is 10.3. The molecule has 0 atom stereocenters. The summed E-state index contributed by atoms with van der Waals surface area (Å²) in [7, 11) is 0. The van der Waals surface area contributed by atoms with Crippen LogP contribution in [0.15, 0.2) is 12.7 Å². The predicted octanol–water partition coefficient (Wildman–Crippen LogP) is 1.03. The van der Waals surface area contributed by atoms with Crippen molar-refractivity contribution in [1.29, 1.82) is 0 Å². The highest BCUT2D eigenvalue weighted by Gasteiger charge is 2.42. The summed E-state index contributed by atoms with van der Waals surface area (Å²) in [5.74, 6) is -0.148. The van der Waals surface area contributed by atoms with Crippen LogP contribution in [-0.2, 0) is 9.59 Å². The monoisotopic (exact) mass is 224 g/mol. The highest BCUT2D eigenvalue weighted by atomic mass is 16.2. The molecule has 0 unspecified atom stereocenters. The number of carbonyl (C=O) groups is 2. The van der Waals surface area contributed by atoms with Gasteiger partial charge in [0.15, 0.2) is 0 Å². The summed E-state index contributed by atoms with van der Waals surface area (Å²) < 4.78 is 0. The van der Waals surface area contributed by atoms with E-state index in [0.717, 1.165) is 13.0 Å². The second kappa shape index (κ2) is 4.68. The Kier molecular flexibility index (Phi) is 3.73. The topological polar surface area (TPSA) is 40.6 Å². The first-order chi connectivity index (χ1) is 7.45. The average Bonchev–Trinajstić information content (AvgIpc) is 2.24. The van der Waals surface area contributed by atoms with E-state index >= 15 is 0 Å². The van der Waals surface area contributed by atoms with Crippen LogP contribution in [0.25, 0.3) is 0 Å². The van der Waals surface area contributed by atoms with Gasteiger partial charge in [-0.3, -0.25) is 9.59 Å². The molecule has 4 heteroatoms. The molecule has 0 N–H and O–H groups in total. The lowest BCUT2D eigenvalue weighted by Crippen LogP contribution is -2.64. The molecule has 1 heterocycles. The Balaban J connectivity index is 2.87.